The van der Waals surface area contributed by atoms with Gasteiger partial charge in [0.15, 0.2) is 0 Å². The van der Waals surface area contributed by atoms with Crippen molar-refractivity contribution in [2.75, 3.05) is 19.6 Å². The molecule has 2 aliphatic heterocycles. The predicted molar refractivity (Wildman–Crippen MR) is 136 cm³/mol. The van der Waals surface area contributed by atoms with Gasteiger partial charge in [0, 0.05) is 32.5 Å². The zero-order chi connectivity index (χ0) is 24.3. The van der Waals surface area contributed by atoms with Crippen LogP contribution in [-0.2, 0) is 23.2 Å². The fraction of sp³-hybridized carbons (Fsp3) is 0.333. The molecule has 5 heteroatoms. The minimum absolute atomic E-state index is 0.304. The number of nitrogens with zero attached hydrogens (tertiary/aromatic N) is 3. The van der Waals surface area contributed by atoms with Gasteiger partial charge in [-0.3, -0.25) is 4.90 Å². The Hall–Kier alpha value is -3.62. The van der Waals surface area contributed by atoms with E-state index < -0.39 is 11.1 Å². The summed E-state index contributed by atoms with van der Waals surface area (Å²) in [5.41, 5.74) is 2.59. The fourth-order valence-corrected chi connectivity index (χ4v) is 5.75. The van der Waals surface area contributed by atoms with Crippen LogP contribution in [0.3, 0.4) is 0 Å². The molecule has 5 rings (SSSR count). The van der Waals surface area contributed by atoms with Crippen molar-refractivity contribution in [1.29, 1.82) is 5.26 Å². The third kappa shape index (κ3) is 4.19. The van der Waals surface area contributed by atoms with Gasteiger partial charge in [-0.25, -0.2) is 4.79 Å². The number of amides is 1. The average molecular weight is 466 g/mol. The molecule has 1 spiro atoms. The van der Waals surface area contributed by atoms with Gasteiger partial charge in [-0.2, -0.15) is 5.26 Å². The van der Waals surface area contributed by atoms with E-state index in [1.54, 1.807) is 6.07 Å². The van der Waals surface area contributed by atoms with Gasteiger partial charge in [-0.05, 0) is 36.1 Å². The molecule has 178 valence electrons. The molecule has 0 aliphatic carbocycles. The highest BCUT2D eigenvalue weighted by Crippen LogP contribution is 2.52. The van der Waals surface area contributed by atoms with Crippen LogP contribution >= 0.6 is 0 Å². The first-order valence-corrected chi connectivity index (χ1v) is 12.4. The molecule has 3 aromatic rings. The Balaban J connectivity index is 1.41. The summed E-state index contributed by atoms with van der Waals surface area (Å²) in [6.07, 6.45) is 2.26. The molecule has 2 saturated heterocycles. The van der Waals surface area contributed by atoms with Crippen molar-refractivity contribution in [2.24, 2.45) is 0 Å². The molecular formula is C30H31N3O2. The zero-order valence-electron chi connectivity index (χ0n) is 20.2. The van der Waals surface area contributed by atoms with Crippen LogP contribution in [0.15, 0.2) is 84.9 Å². The number of carbonyl (C=O) groups excluding carboxylic acids is 1. The van der Waals surface area contributed by atoms with Gasteiger partial charge in [0.05, 0.1) is 18.2 Å². The van der Waals surface area contributed by atoms with Gasteiger partial charge >= 0.3 is 6.09 Å². The van der Waals surface area contributed by atoms with E-state index in [1.807, 2.05) is 47.4 Å². The SMILES string of the molecule is CC1(c2ccccc2)N(Cc2ccccc2C#N)C(=O)OC12CCN(CCc1ccccc1)CC2. The van der Waals surface area contributed by atoms with E-state index in [9.17, 15) is 10.1 Å². The number of hydrogen-bond donors (Lipinski definition) is 0. The van der Waals surface area contributed by atoms with Crippen molar-refractivity contribution >= 4 is 6.09 Å². The van der Waals surface area contributed by atoms with Crippen molar-refractivity contribution in [3.8, 4) is 6.07 Å². The van der Waals surface area contributed by atoms with Crippen LogP contribution in [0.25, 0.3) is 0 Å². The standard InChI is InChI=1S/C30H31N3O2/c1-29(27-14-6-3-7-15-27)30(17-20-32(21-18-30)19-16-24-10-4-2-5-11-24)35-28(34)33(29)23-26-13-9-8-12-25(26)22-31/h2-15H,16-21,23H2,1H3. The van der Waals surface area contributed by atoms with Gasteiger partial charge in [0.25, 0.3) is 0 Å². The van der Waals surface area contributed by atoms with Gasteiger partial charge in [-0.15, -0.1) is 0 Å². The summed E-state index contributed by atoms with van der Waals surface area (Å²) >= 11 is 0. The lowest BCUT2D eigenvalue weighted by atomic mass is 9.70. The monoisotopic (exact) mass is 465 g/mol. The van der Waals surface area contributed by atoms with Crippen molar-refractivity contribution in [3.63, 3.8) is 0 Å². The minimum atomic E-state index is -0.639. The minimum Gasteiger partial charge on any atom is -0.440 e. The number of nitriles is 1. The molecule has 3 aromatic carbocycles. The maximum absolute atomic E-state index is 13.4. The Morgan fingerprint density at radius 1 is 0.914 bits per heavy atom. The second-order valence-corrected chi connectivity index (χ2v) is 9.73. The van der Waals surface area contributed by atoms with Crippen LogP contribution < -0.4 is 0 Å². The van der Waals surface area contributed by atoms with E-state index in [0.29, 0.717) is 12.1 Å². The Kier molecular flexibility index (Phi) is 6.32. The number of benzene rings is 3. The first-order valence-electron chi connectivity index (χ1n) is 12.4. The molecule has 1 atom stereocenters. The van der Waals surface area contributed by atoms with Gasteiger partial charge < -0.3 is 9.64 Å². The summed E-state index contributed by atoms with van der Waals surface area (Å²) in [6, 6.07) is 30.6. The summed E-state index contributed by atoms with van der Waals surface area (Å²) < 4.78 is 6.31. The summed E-state index contributed by atoms with van der Waals surface area (Å²) in [5, 5.41) is 9.62. The van der Waals surface area contributed by atoms with Crippen LogP contribution in [-0.4, -0.2) is 41.1 Å². The van der Waals surface area contributed by atoms with Crippen molar-refractivity contribution in [3.05, 3.63) is 107 Å². The highest BCUT2D eigenvalue weighted by Gasteiger charge is 2.63. The van der Waals surface area contributed by atoms with Crippen molar-refractivity contribution in [2.45, 2.75) is 43.9 Å². The molecule has 0 aromatic heterocycles. The summed E-state index contributed by atoms with van der Waals surface area (Å²) in [5.74, 6) is 0. The second kappa shape index (κ2) is 9.56. The van der Waals surface area contributed by atoms with Gasteiger partial charge in [-0.1, -0.05) is 78.9 Å². The number of carbonyl (C=O) groups is 1. The van der Waals surface area contributed by atoms with E-state index in [4.69, 9.17) is 4.74 Å². The third-order valence-electron chi connectivity index (χ3n) is 7.96. The lowest BCUT2D eigenvalue weighted by Gasteiger charge is -2.48. The quantitative estimate of drug-likeness (QED) is 0.482. The molecule has 2 heterocycles. The van der Waals surface area contributed by atoms with E-state index >= 15 is 0 Å². The molecule has 0 bridgehead atoms. The molecule has 1 amide bonds. The Labute approximate surface area is 207 Å². The number of hydrogen-bond acceptors (Lipinski definition) is 4. The molecule has 5 nitrogen and oxygen atoms in total. The average Bonchev–Trinajstić information content (AvgIpc) is 3.11. The largest absolute Gasteiger partial charge is 0.440 e. The van der Waals surface area contributed by atoms with E-state index in [-0.39, 0.29) is 6.09 Å². The Morgan fingerprint density at radius 3 is 2.23 bits per heavy atom. The van der Waals surface area contributed by atoms with E-state index in [1.165, 1.54) is 5.56 Å². The predicted octanol–water partition coefficient (Wildman–Crippen LogP) is 5.50. The topological polar surface area (TPSA) is 56.6 Å². The van der Waals surface area contributed by atoms with Crippen molar-refractivity contribution < 1.29 is 9.53 Å². The van der Waals surface area contributed by atoms with E-state index in [0.717, 1.165) is 50.0 Å². The fourth-order valence-electron chi connectivity index (χ4n) is 5.75. The van der Waals surface area contributed by atoms with E-state index in [2.05, 4.69) is 54.3 Å². The molecule has 35 heavy (non-hydrogen) atoms. The zero-order valence-corrected chi connectivity index (χ0v) is 20.2. The molecule has 0 saturated carbocycles. The molecule has 2 fully saturated rings. The van der Waals surface area contributed by atoms with Crippen LogP contribution in [0.2, 0.25) is 0 Å². The molecule has 1 unspecified atom stereocenters. The molecule has 0 N–H and O–H groups in total. The second-order valence-electron chi connectivity index (χ2n) is 9.73. The number of piperidine rings is 1. The molecular weight excluding hydrogens is 434 g/mol. The highest BCUT2D eigenvalue weighted by molar-refractivity contribution is 5.74. The summed E-state index contributed by atoms with van der Waals surface area (Å²) in [7, 11) is 0. The number of rotatable bonds is 6. The Morgan fingerprint density at radius 2 is 1.54 bits per heavy atom. The van der Waals surface area contributed by atoms with Gasteiger partial charge in [0.1, 0.15) is 11.1 Å². The number of likely N-dealkylation sites (tertiary alicyclic amines) is 1. The van der Waals surface area contributed by atoms with Crippen LogP contribution in [0.5, 0.6) is 0 Å². The maximum Gasteiger partial charge on any atom is 0.411 e. The lowest BCUT2D eigenvalue weighted by molar-refractivity contribution is -0.0598. The lowest BCUT2D eigenvalue weighted by Crippen LogP contribution is -2.58. The summed E-state index contributed by atoms with van der Waals surface area (Å²) in [4.78, 5) is 17.8. The van der Waals surface area contributed by atoms with Crippen LogP contribution in [0.4, 0.5) is 4.79 Å². The summed E-state index contributed by atoms with van der Waals surface area (Å²) in [6.45, 7) is 5.24. The smallest absolute Gasteiger partial charge is 0.411 e. The maximum atomic E-state index is 13.4. The van der Waals surface area contributed by atoms with Crippen LogP contribution in [0, 0.1) is 11.3 Å². The van der Waals surface area contributed by atoms with Gasteiger partial charge in [0.2, 0.25) is 0 Å². The first-order chi connectivity index (χ1) is 17.1. The highest BCUT2D eigenvalue weighted by atomic mass is 16.6. The van der Waals surface area contributed by atoms with Crippen molar-refractivity contribution in [1.82, 2.24) is 9.80 Å². The first kappa shape index (κ1) is 23.1. The Bertz CT molecular complexity index is 1210. The number of ether oxygens (including phenoxy) is 1. The molecule has 0 radical (unpaired) electrons. The van der Waals surface area contributed by atoms with Crippen LogP contribution in [0.1, 0.15) is 42.0 Å². The third-order valence-corrected chi connectivity index (χ3v) is 7.96. The molecule has 2 aliphatic rings. The normalized spacial score (nSPS) is 21.6.